The lowest BCUT2D eigenvalue weighted by Crippen LogP contribution is -2.53. The lowest BCUT2D eigenvalue weighted by atomic mass is 9.74. The van der Waals surface area contributed by atoms with Gasteiger partial charge in [0.2, 0.25) is 11.8 Å². The molecule has 0 aliphatic heterocycles. The summed E-state index contributed by atoms with van der Waals surface area (Å²) in [7, 11) is -4.43. The zero-order valence-corrected chi connectivity index (χ0v) is 30.4. The molecule has 6 rings (SSSR count). The number of amides is 2. The number of halogens is 6. The molecular weight excluding hydrogens is 759 g/mol. The van der Waals surface area contributed by atoms with E-state index < -0.39 is 39.4 Å². The molecule has 296 valence electrons. The molecule has 1 heterocycles. The predicted octanol–water partition coefficient (Wildman–Crippen LogP) is 5.13. The second-order valence-corrected chi connectivity index (χ2v) is 16.5. The highest BCUT2D eigenvalue weighted by molar-refractivity contribution is 7.94. The highest BCUT2D eigenvalue weighted by Crippen LogP contribution is 2.61. The van der Waals surface area contributed by atoms with E-state index in [0.29, 0.717) is 74.3 Å². The van der Waals surface area contributed by atoms with Crippen molar-refractivity contribution in [3.63, 3.8) is 0 Å². The molecular formula is C33H42F6N4O8S2. The number of aryl methyl sites for hydroxylation is 1. The summed E-state index contributed by atoms with van der Waals surface area (Å²) in [6.45, 7) is 3.29. The van der Waals surface area contributed by atoms with Gasteiger partial charge in [-0.25, -0.2) is 13.4 Å². The number of ether oxygens (including phenoxy) is 3. The van der Waals surface area contributed by atoms with Crippen LogP contribution in [0.3, 0.4) is 0 Å². The van der Waals surface area contributed by atoms with Crippen LogP contribution in [-0.2, 0) is 39.4 Å². The van der Waals surface area contributed by atoms with Gasteiger partial charge in [0.15, 0.2) is 9.34 Å². The second kappa shape index (κ2) is 16.8. The Hall–Kier alpha value is -3.04. The van der Waals surface area contributed by atoms with Crippen molar-refractivity contribution in [3.8, 4) is 0 Å². The topological polar surface area (TPSA) is 165 Å². The highest BCUT2D eigenvalue weighted by Gasteiger charge is 2.71. The Morgan fingerprint density at radius 3 is 2.09 bits per heavy atom. The minimum absolute atomic E-state index is 0.0276. The molecule has 2 aromatic rings. The highest BCUT2D eigenvalue weighted by atomic mass is 32.2. The molecule has 4 aliphatic rings. The van der Waals surface area contributed by atoms with Crippen molar-refractivity contribution in [1.82, 2.24) is 10.3 Å². The molecule has 4 bridgehead atoms. The Morgan fingerprint density at radius 2 is 1.47 bits per heavy atom. The van der Waals surface area contributed by atoms with Crippen LogP contribution in [0.5, 0.6) is 0 Å². The molecule has 53 heavy (non-hydrogen) atoms. The van der Waals surface area contributed by atoms with Gasteiger partial charge in [-0.15, -0.1) is 0 Å². The molecule has 0 saturated heterocycles. The van der Waals surface area contributed by atoms with Crippen molar-refractivity contribution in [3.05, 3.63) is 35.5 Å². The van der Waals surface area contributed by atoms with E-state index in [1.165, 1.54) is 32.6 Å². The van der Waals surface area contributed by atoms with E-state index in [9.17, 15) is 49.5 Å². The number of nitrogens with one attached hydrogen (secondary N) is 3. The van der Waals surface area contributed by atoms with E-state index in [2.05, 4.69) is 15.6 Å². The zero-order valence-electron chi connectivity index (χ0n) is 28.7. The maximum atomic E-state index is 13.1. The molecule has 2 amide bonds. The Bertz CT molecular complexity index is 1670. The average Bonchev–Trinajstić information content (AvgIpc) is 3.66. The monoisotopic (exact) mass is 800 g/mol. The Balaban J connectivity index is 0.923. The summed E-state index contributed by atoms with van der Waals surface area (Å²) in [4.78, 5) is 28.7. The van der Waals surface area contributed by atoms with E-state index in [1.54, 1.807) is 0 Å². The Kier molecular flexibility index (Phi) is 13.0. The predicted molar refractivity (Wildman–Crippen MR) is 179 cm³/mol. The summed E-state index contributed by atoms with van der Waals surface area (Å²) in [6.07, 6.45) is -6.41. The molecule has 1 aromatic heterocycles. The van der Waals surface area contributed by atoms with Gasteiger partial charge in [-0.2, -0.15) is 26.3 Å². The lowest BCUT2D eigenvalue weighted by Gasteiger charge is -2.32. The normalized spacial score (nSPS) is 22.7. The van der Waals surface area contributed by atoms with E-state index in [1.807, 2.05) is 4.72 Å². The van der Waals surface area contributed by atoms with Crippen LogP contribution in [0.4, 0.5) is 37.2 Å². The smallest absolute Gasteiger partial charge is 0.379 e. The van der Waals surface area contributed by atoms with E-state index in [0.717, 1.165) is 23.7 Å². The number of alkyl halides is 6. The fourth-order valence-electron chi connectivity index (χ4n) is 7.79. The maximum absolute atomic E-state index is 13.1. The number of aromatic nitrogens is 1. The number of thiazole rings is 1. The first kappa shape index (κ1) is 41.1. The van der Waals surface area contributed by atoms with Gasteiger partial charge in [0, 0.05) is 24.2 Å². The average molecular weight is 801 g/mol. The van der Waals surface area contributed by atoms with Gasteiger partial charge in [-0.1, -0.05) is 23.5 Å². The number of benzene rings is 1. The van der Waals surface area contributed by atoms with Crippen molar-refractivity contribution in [2.45, 2.75) is 67.6 Å². The third-order valence-corrected chi connectivity index (χ3v) is 13.1. The van der Waals surface area contributed by atoms with Gasteiger partial charge in [0.05, 0.1) is 51.8 Å². The van der Waals surface area contributed by atoms with Crippen LogP contribution >= 0.6 is 11.3 Å². The number of hydrogen-bond donors (Lipinski definition) is 4. The number of sulfonamides is 1. The standard InChI is InChI=1S/C33H42F6N4O8S2/c1-19-29(53(47,48)43-24-4-2-23(3-5-24)31(46,32(34,35)36)33(37,38)39)52-30(41-19)42-27(44)6-8-49-10-12-51-13-11-50-9-7-40-28(45)18-26-22-15-20-14-21(17-22)25(26)16-20/h2-5,20-22,25-26,43,46H,6-18H2,1H3,(H,40,45)(H,41,42,44). The van der Waals surface area contributed by atoms with Crippen LogP contribution in [-0.4, -0.2) is 88.9 Å². The summed E-state index contributed by atoms with van der Waals surface area (Å²) < 4.78 is 123. The van der Waals surface area contributed by atoms with Crippen molar-refractivity contribution in [2.75, 3.05) is 56.2 Å². The largest absolute Gasteiger partial charge is 0.430 e. The molecule has 4 aliphatic carbocycles. The molecule has 5 atom stereocenters. The summed E-state index contributed by atoms with van der Waals surface area (Å²) in [5.41, 5.74) is -7.14. The first-order valence-corrected chi connectivity index (χ1v) is 19.5. The summed E-state index contributed by atoms with van der Waals surface area (Å²) in [5.74, 6) is 3.33. The van der Waals surface area contributed by atoms with Crippen LogP contribution in [0.25, 0.3) is 0 Å². The zero-order chi connectivity index (χ0) is 38.6. The maximum Gasteiger partial charge on any atom is 0.430 e. The Labute approximate surface area is 306 Å². The quantitative estimate of drug-likeness (QED) is 0.111. The minimum Gasteiger partial charge on any atom is -0.379 e. The Morgan fingerprint density at radius 1 is 0.868 bits per heavy atom. The van der Waals surface area contributed by atoms with Crippen LogP contribution in [0.2, 0.25) is 0 Å². The molecule has 4 N–H and O–H groups in total. The van der Waals surface area contributed by atoms with Gasteiger partial charge in [-0.3, -0.25) is 14.3 Å². The fraction of sp³-hybridized carbons (Fsp3) is 0.667. The lowest BCUT2D eigenvalue weighted by molar-refractivity contribution is -0.376. The van der Waals surface area contributed by atoms with Gasteiger partial charge < -0.3 is 30.0 Å². The summed E-state index contributed by atoms with van der Waals surface area (Å²) in [5, 5.41) is 14.8. The summed E-state index contributed by atoms with van der Waals surface area (Å²) in [6, 6.07) is 1.89. The van der Waals surface area contributed by atoms with Crippen molar-refractivity contribution >= 4 is 44.0 Å². The van der Waals surface area contributed by atoms with Gasteiger partial charge in [-0.05, 0) is 74.3 Å². The molecule has 0 spiro atoms. The molecule has 12 nitrogen and oxygen atoms in total. The second-order valence-electron chi connectivity index (χ2n) is 13.6. The minimum atomic E-state index is -6.10. The SMILES string of the molecule is Cc1nc(NC(=O)CCOCCOCCOCCNC(=O)CC2C3CC4CC(C3)C2C4)sc1S(=O)(=O)Nc1ccc(C(O)(C(F)(F)F)C(F)(F)F)cc1. The summed E-state index contributed by atoms with van der Waals surface area (Å²) >= 11 is 0.575. The van der Waals surface area contributed by atoms with Gasteiger partial charge >= 0.3 is 12.4 Å². The van der Waals surface area contributed by atoms with E-state index >= 15 is 0 Å². The number of hydrogen-bond acceptors (Lipinski definition) is 10. The van der Waals surface area contributed by atoms with Gasteiger partial charge in [0.25, 0.3) is 15.6 Å². The third kappa shape index (κ3) is 9.80. The third-order valence-electron chi connectivity index (χ3n) is 10.1. The number of anilines is 2. The van der Waals surface area contributed by atoms with Crippen molar-refractivity contribution < 1.29 is 63.7 Å². The first-order chi connectivity index (χ1) is 24.9. The number of nitrogens with zero attached hydrogens (tertiary/aromatic N) is 1. The molecule has 4 saturated carbocycles. The van der Waals surface area contributed by atoms with Crippen LogP contribution < -0.4 is 15.4 Å². The molecule has 0 radical (unpaired) electrons. The van der Waals surface area contributed by atoms with Crippen LogP contribution in [0.1, 0.15) is 49.8 Å². The molecule has 20 heteroatoms. The number of carbonyl (C=O) groups excluding carboxylic acids is 2. The first-order valence-electron chi connectivity index (χ1n) is 17.2. The van der Waals surface area contributed by atoms with E-state index in [-0.39, 0.29) is 52.9 Å². The number of rotatable bonds is 19. The van der Waals surface area contributed by atoms with Crippen molar-refractivity contribution in [2.24, 2.45) is 29.6 Å². The molecule has 4 fully saturated rings. The van der Waals surface area contributed by atoms with Crippen LogP contribution in [0, 0.1) is 36.5 Å². The number of aliphatic hydroxyl groups is 1. The van der Waals surface area contributed by atoms with Crippen molar-refractivity contribution in [1.29, 1.82) is 0 Å². The number of carbonyl (C=O) groups is 2. The molecule has 1 aromatic carbocycles. The van der Waals surface area contributed by atoms with Crippen LogP contribution in [0.15, 0.2) is 28.5 Å². The van der Waals surface area contributed by atoms with E-state index in [4.69, 9.17) is 14.2 Å². The van der Waals surface area contributed by atoms with Gasteiger partial charge in [0.1, 0.15) is 0 Å². The molecule has 5 unspecified atom stereocenters. The fourth-order valence-corrected chi connectivity index (χ4v) is 10.3.